The molecule has 1 N–H and O–H groups in total. The molecule has 3 rings (SSSR count). The van der Waals surface area contributed by atoms with Gasteiger partial charge in [-0.1, -0.05) is 24.3 Å². The highest BCUT2D eigenvalue weighted by Gasteiger charge is 2.21. The Bertz CT molecular complexity index is 1030. The van der Waals surface area contributed by atoms with Crippen molar-refractivity contribution in [2.24, 2.45) is 7.05 Å². The average molecular weight is 369 g/mol. The molecule has 0 aliphatic carbocycles. The fraction of sp³-hybridized carbons (Fsp3) is 0.105. The third kappa shape index (κ3) is 3.48. The van der Waals surface area contributed by atoms with Crippen LogP contribution in [0.5, 0.6) is 0 Å². The van der Waals surface area contributed by atoms with E-state index in [0.717, 1.165) is 0 Å². The number of sulfonamides is 1. The van der Waals surface area contributed by atoms with Crippen molar-refractivity contribution in [2.45, 2.75) is 4.90 Å². The zero-order chi connectivity index (χ0) is 18.7. The number of nitrogens with zero attached hydrogens (tertiary/aromatic N) is 2. The summed E-state index contributed by atoms with van der Waals surface area (Å²) in [7, 11) is -0.467. The van der Waals surface area contributed by atoms with Gasteiger partial charge in [0.2, 0.25) is 0 Å². The number of rotatable bonds is 5. The lowest BCUT2D eigenvalue weighted by Gasteiger charge is -2.19. The van der Waals surface area contributed by atoms with Crippen molar-refractivity contribution in [2.75, 3.05) is 16.7 Å². The van der Waals surface area contributed by atoms with Gasteiger partial charge in [-0.25, -0.2) is 8.42 Å². The van der Waals surface area contributed by atoms with Gasteiger partial charge in [-0.15, -0.1) is 0 Å². The molecule has 0 fully saturated rings. The predicted octanol–water partition coefficient (Wildman–Crippen LogP) is 3.10. The normalized spacial score (nSPS) is 11.2. The van der Waals surface area contributed by atoms with E-state index in [1.165, 1.54) is 23.5 Å². The molecule has 1 heterocycles. The second kappa shape index (κ2) is 7.05. The standard InChI is InChI=1S/C19H19N3O3S/c1-21-13-7-12-18(21)19(23)20-15-8-6-11-17(14-15)26(24,25)22(2)16-9-4-3-5-10-16/h3-14H,1-2H3,(H,20,23). The first-order chi connectivity index (χ1) is 12.4. The molecule has 6 nitrogen and oxygen atoms in total. The summed E-state index contributed by atoms with van der Waals surface area (Å²) in [5, 5.41) is 2.73. The Morgan fingerprint density at radius 3 is 2.38 bits per heavy atom. The van der Waals surface area contributed by atoms with E-state index in [0.29, 0.717) is 17.1 Å². The van der Waals surface area contributed by atoms with Gasteiger partial charge in [-0.3, -0.25) is 9.10 Å². The number of carbonyl (C=O) groups is 1. The Hall–Kier alpha value is -3.06. The number of nitrogens with one attached hydrogen (secondary N) is 1. The van der Waals surface area contributed by atoms with Crippen molar-refractivity contribution < 1.29 is 13.2 Å². The first kappa shape index (κ1) is 17.8. The first-order valence-electron chi connectivity index (χ1n) is 7.96. The molecule has 0 radical (unpaired) electrons. The molecular weight excluding hydrogens is 350 g/mol. The highest BCUT2D eigenvalue weighted by molar-refractivity contribution is 7.92. The van der Waals surface area contributed by atoms with Crippen LogP contribution in [-0.2, 0) is 17.1 Å². The highest BCUT2D eigenvalue weighted by atomic mass is 32.2. The molecule has 0 saturated heterocycles. The van der Waals surface area contributed by atoms with Crippen LogP contribution in [0.2, 0.25) is 0 Å². The van der Waals surface area contributed by atoms with Gasteiger partial charge in [0.25, 0.3) is 15.9 Å². The second-order valence-corrected chi connectivity index (χ2v) is 7.76. The van der Waals surface area contributed by atoms with Crippen molar-refractivity contribution in [3.63, 3.8) is 0 Å². The average Bonchev–Trinajstić information content (AvgIpc) is 3.08. The fourth-order valence-corrected chi connectivity index (χ4v) is 3.80. The van der Waals surface area contributed by atoms with Crippen LogP contribution in [0.4, 0.5) is 11.4 Å². The number of amides is 1. The highest BCUT2D eigenvalue weighted by Crippen LogP contribution is 2.23. The third-order valence-electron chi connectivity index (χ3n) is 4.05. The van der Waals surface area contributed by atoms with Gasteiger partial charge in [0.15, 0.2) is 0 Å². The molecule has 134 valence electrons. The minimum absolute atomic E-state index is 0.105. The zero-order valence-electron chi connectivity index (χ0n) is 14.5. The Kier molecular flexibility index (Phi) is 4.81. The van der Waals surface area contributed by atoms with Gasteiger partial charge < -0.3 is 9.88 Å². The quantitative estimate of drug-likeness (QED) is 0.751. The van der Waals surface area contributed by atoms with Crippen LogP contribution >= 0.6 is 0 Å². The molecule has 0 aliphatic heterocycles. The third-order valence-corrected chi connectivity index (χ3v) is 5.83. The summed E-state index contributed by atoms with van der Waals surface area (Å²) >= 11 is 0. The van der Waals surface area contributed by atoms with Gasteiger partial charge >= 0.3 is 0 Å². The van der Waals surface area contributed by atoms with E-state index < -0.39 is 10.0 Å². The minimum Gasteiger partial charge on any atom is -0.347 e. The number of para-hydroxylation sites is 1. The van der Waals surface area contributed by atoms with E-state index in [1.807, 2.05) is 6.07 Å². The van der Waals surface area contributed by atoms with Crippen LogP contribution in [0.15, 0.2) is 77.8 Å². The molecule has 26 heavy (non-hydrogen) atoms. The topological polar surface area (TPSA) is 71.4 Å². The van der Waals surface area contributed by atoms with Gasteiger partial charge in [-0.2, -0.15) is 0 Å². The van der Waals surface area contributed by atoms with Crippen molar-refractivity contribution in [1.82, 2.24) is 4.57 Å². The number of aromatic nitrogens is 1. The molecule has 0 atom stereocenters. The maximum absolute atomic E-state index is 12.9. The Morgan fingerprint density at radius 2 is 1.73 bits per heavy atom. The molecule has 7 heteroatoms. The number of hydrogen-bond acceptors (Lipinski definition) is 3. The monoisotopic (exact) mass is 369 g/mol. The number of anilines is 2. The Morgan fingerprint density at radius 1 is 1.00 bits per heavy atom. The lowest BCUT2D eigenvalue weighted by Crippen LogP contribution is -2.26. The van der Waals surface area contributed by atoms with E-state index in [9.17, 15) is 13.2 Å². The summed E-state index contributed by atoms with van der Waals surface area (Å²) in [6.45, 7) is 0. The molecule has 3 aromatic rings. The number of carbonyl (C=O) groups excluding carboxylic acids is 1. The molecule has 0 saturated carbocycles. The van der Waals surface area contributed by atoms with Gasteiger partial charge in [-0.05, 0) is 42.5 Å². The molecule has 1 aromatic heterocycles. The van der Waals surface area contributed by atoms with Crippen LogP contribution in [0.3, 0.4) is 0 Å². The van der Waals surface area contributed by atoms with E-state index in [-0.39, 0.29) is 10.8 Å². The van der Waals surface area contributed by atoms with Crippen molar-refractivity contribution in [1.29, 1.82) is 0 Å². The van der Waals surface area contributed by atoms with Crippen molar-refractivity contribution >= 4 is 27.3 Å². The Labute approximate surface area is 152 Å². The van der Waals surface area contributed by atoms with Crippen molar-refractivity contribution in [3.05, 3.63) is 78.6 Å². The molecule has 0 aliphatic rings. The summed E-state index contributed by atoms with van der Waals surface area (Å²) in [4.78, 5) is 12.4. The van der Waals surface area contributed by atoms with Gasteiger partial charge in [0.1, 0.15) is 5.69 Å². The molecule has 2 aromatic carbocycles. The number of benzene rings is 2. The minimum atomic E-state index is -3.74. The molecule has 0 spiro atoms. The summed E-state index contributed by atoms with van der Waals surface area (Å²) in [5.41, 5.74) is 1.46. The van der Waals surface area contributed by atoms with Crippen LogP contribution < -0.4 is 9.62 Å². The van der Waals surface area contributed by atoms with E-state index in [4.69, 9.17) is 0 Å². The first-order valence-corrected chi connectivity index (χ1v) is 9.40. The maximum Gasteiger partial charge on any atom is 0.272 e. The largest absolute Gasteiger partial charge is 0.347 e. The summed E-state index contributed by atoms with van der Waals surface area (Å²) < 4.78 is 28.6. The number of aryl methyl sites for hydroxylation is 1. The summed E-state index contributed by atoms with van der Waals surface area (Å²) in [6, 6.07) is 18.5. The summed E-state index contributed by atoms with van der Waals surface area (Å²) in [5.74, 6) is -0.302. The predicted molar refractivity (Wildman–Crippen MR) is 102 cm³/mol. The SMILES string of the molecule is CN(c1ccccc1)S(=O)(=O)c1cccc(NC(=O)c2cccn2C)c1. The molecule has 0 unspecified atom stereocenters. The second-order valence-electron chi connectivity index (χ2n) is 5.79. The van der Waals surface area contributed by atoms with Crippen LogP contribution in [0.25, 0.3) is 0 Å². The van der Waals surface area contributed by atoms with Crippen LogP contribution in [-0.4, -0.2) is 25.9 Å². The molecule has 0 bridgehead atoms. The van der Waals surface area contributed by atoms with Crippen LogP contribution in [0.1, 0.15) is 10.5 Å². The molecular formula is C19H19N3O3S. The maximum atomic E-state index is 12.9. The summed E-state index contributed by atoms with van der Waals surface area (Å²) in [6.07, 6.45) is 1.77. The van der Waals surface area contributed by atoms with Crippen molar-refractivity contribution in [3.8, 4) is 0 Å². The lowest BCUT2D eigenvalue weighted by molar-refractivity contribution is 0.101. The molecule has 1 amide bonds. The van der Waals surface area contributed by atoms with Gasteiger partial charge in [0.05, 0.1) is 10.6 Å². The fourth-order valence-electron chi connectivity index (χ4n) is 2.56. The lowest BCUT2D eigenvalue weighted by atomic mass is 10.3. The smallest absolute Gasteiger partial charge is 0.272 e. The van der Waals surface area contributed by atoms with E-state index >= 15 is 0 Å². The van der Waals surface area contributed by atoms with Crippen LogP contribution in [0, 0.1) is 0 Å². The Balaban J connectivity index is 1.87. The van der Waals surface area contributed by atoms with Gasteiger partial charge in [0, 0.05) is 26.0 Å². The van der Waals surface area contributed by atoms with E-state index in [2.05, 4.69) is 5.32 Å². The zero-order valence-corrected chi connectivity index (χ0v) is 15.3. The van der Waals surface area contributed by atoms with E-state index in [1.54, 1.807) is 66.3 Å². The number of hydrogen-bond donors (Lipinski definition) is 1.